The summed E-state index contributed by atoms with van der Waals surface area (Å²) >= 11 is 1.60. The first-order valence-corrected chi connectivity index (χ1v) is 15.3. The molecule has 3 aliphatic heterocycles. The fraction of sp³-hybridized carbons (Fsp3) is 0.633. The zero-order chi connectivity index (χ0) is 27.2. The van der Waals surface area contributed by atoms with E-state index >= 15 is 0 Å². The van der Waals surface area contributed by atoms with E-state index in [9.17, 15) is 14.4 Å². The maximum absolute atomic E-state index is 14.0. The first-order chi connectivity index (χ1) is 18.2. The topological polar surface area (TPSA) is 87.7 Å². The third-order valence-corrected chi connectivity index (χ3v) is 9.97. The number of fused-ring (bicyclic) bond motifs is 1. The Labute approximate surface area is 230 Å². The summed E-state index contributed by atoms with van der Waals surface area (Å²) < 4.78 is 6.48. The summed E-state index contributed by atoms with van der Waals surface area (Å²) in [5.74, 6) is -0.662. The minimum atomic E-state index is -1.12. The van der Waals surface area contributed by atoms with Crippen LogP contribution < -0.4 is 10.6 Å². The normalized spacial score (nSPS) is 35.6. The van der Waals surface area contributed by atoms with Crippen molar-refractivity contribution in [3.05, 3.63) is 36.4 Å². The van der Waals surface area contributed by atoms with Crippen LogP contribution in [0.4, 0.5) is 5.69 Å². The van der Waals surface area contributed by atoms with Gasteiger partial charge in [-0.25, -0.2) is 0 Å². The number of amides is 3. The average Bonchev–Trinajstić information content (AvgIpc) is 3.52. The van der Waals surface area contributed by atoms with E-state index in [0.717, 1.165) is 24.2 Å². The van der Waals surface area contributed by atoms with Crippen molar-refractivity contribution >= 4 is 35.2 Å². The molecule has 38 heavy (non-hydrogen) atoms. The molecule has 8 unspecified atom stereocenters. The quantitative estimate of drug-likeness (QED) is 0.376. The van der Waals surface area contributed by atoms with Crippen LogP contribution in [0.25, 0.3) is 0 Å². The fourth-order valence-electron chi connectivity index (χ4n) is 6.88. The van der Waals surface area contributed by atoms with Gasteiger partial charge in [0, 0.05) is 23.2 Å². The number of hydrogen-bond donors (Lipinski definition) is 2. The maximum atomic E-state index is 14.0. The van der Waals surface area contributed by atoms with Crippen LogP contribution in [-0.4, -0.2) is 59.2 Å². The summed E-state index contributed by atoms with van der Waals surface area (Å²) in [4.78, 5) is 44.4. The Balaban J connectivity index is 1.43. The lowest BCUT2D eigenvalue weighted by Gasteiger charge is -2.38. The average molecular weight is 540 g/mol. The molecule has 2 bridgehead atoms. The first kappa shape index (κ1) is 27.3. The molecule has 206 valence electrons. The van der Waals surface area contributed by atoms with Crippen LogP contribution in [0.5, 0.6) is 0 Å². The van der Waals surface area contributed by atoms with Gasteiger partial charge in [0.2, 0.25) is 17.7 Å². The molecule has 4 aliphatic rings. The second kappa shape index (κ2) is 10.7. The van der Waals surface area contributed by atoms with Crippen LogP contribution in [0.1, 0.15) is 53.4 Å². The third kappa shape index (κ3) is 4.68. The SMILES string of the molecule is CSc1cccc(NC(=O)C2C3C=CC4(O3)C2C(=O)N(CCC(C)C)C4C(=O)NC2CCCC(C)C2C)c1. The van der Waals surface area contributed by atoms with Gasteiger partial charge in [0.05, 0.1) is 17.9 Å². The summed E-state index contributed by atoms with van der Waals surface area (Å²) in [5, 5.41) is 6.34. The number of likely N-dealkylation sites (tertiary alicyclic amines) is 1. The molecule has 3 fully saturated rings. The number of nitrogens with one attached hydrogen (secondary N) is 2. The lowest BCUT2D eigenvalue weighted by molar-refractivity contribution is -0.141. The first-order valence-electron chi connectivity index (χ1n) is 14.1. The lowest BCUT2D eigenvalue weighted by Crippen LogP contribution is -2.58. The summed E-state index contributed by atoms with van der Waals surface area (Å²) in [6.07, 6.45) is 9.22. The van der Waals surface area contributed by atoms with Crippen molar-refractivity contribution in [1.29, 1.82) is 0 Å². The van der Waals surface area contributed by atoms with E-state index in [1.54, 1.807) is 16.7 Å². The number of thioether (sulfide) groups is 1. The van der Waals surface area contributed by atoms with Gasteiger partial charge in [0.25, 0.3) is 0 Å². The van der Waals surface area contributed by atoms with Gasteiger partial charge in [-0.1, -0.05) is 58.8 Å². The Morgan fingerprint density at radius 1 is 1.21 bits per heavy atom. The smallest absolute Gasteiger partial charge is 0.246 e. The number of anilines is 1. The van der Waals surface area contributed by atoms with Crippen molar-refractivity contribution in [2.75, 3.05) is 18.1 Å². The van der Waals surface area contributed by atoms with Gasteiger partial charge in [-0.15, -0.1) is 11.8 Å². The number of ether oxygens (including phenoxy) is 1. The van der Waals surface area contributed by atoms with Crippen LogP contribution in [-0.2, 0) is 19.1 Å². The van der Waals surface area contributed by atoms with Gasteiger partial charge in [0.1, 0.15) is 11.6 Å². The predicted molar refractivity (Wildman–Crippen MR) is 150 cm³/mol. The highest BCUT2D eigenvalue weighted by Crippen LogP contribution is 2.55. The van der Waals surface area contributed by atoms with Gasteiger partial charge in [-0.2, -0.15) is 0 Å². The molecule has 3 heterocycles. The largest absolute Gasteiger partial charge is 0.359 e. The summed E-state index contributed by atoms with van der Waals surface area (Å²) in [7, 11) is 0. The van der Waals surface area contributed by atoms with Crippen molar-refractivity contribution in [2.45, 2.75) is 82.1 Å². The van der Waals surface area contributed by atoms with Crippen LogP contribution in [0.15, 0.2) is 41.3 Å². The van der Waals surface area contributed by atoms with Crippen LogP contribution in [0.2, 0.25) is 0 Å². The molecule has 2 saturated heterocycles. The highest BCUT2D eigenvalue weighted by Gasteiger charge is 2.72. The molecular formula is C30H41N3O4S. The van der Waals surface area contributed by atoms with Gasteiger partial charge >= 0.3 is 0 Å². The summed E-state index contributed by atoms with van der Waals surface area (Å²) in [5.41, 5.74) is -0.422. The number of benzene rings is 1. The molecule has 8 atom stereocenters. The van der Waals surface area contributed by atoms with E-state index in [2.05, 4.69) is 38.3 Å². The Hall–Kier alpha value is -2.32. The molecule has 1 aliphatic carbocycles. The van der Waals surface area contributed by atoms with Crippen LogP contribution >= 0.6 is 11.8 Å². The van der Waals surface area contributed by atoms with E-state index in [1.165, 1.54) is 6.42 Å². The molecule has 1 spiro atoms. The Morgan fingerprint density at radius 3 is 2.74 bits per heavy atom. The number of carbonyl (C=O) groups excluding carboxylic acids is 3. The maximum Gasteiger partial charge on any atom is 0.246 e. The molecule has 1 aromatic rings. The van der Waals surface area contributed by atoms with Crippen molar-refractivity contribution in [1.82, 2.24) is 10.2 Å². The number of hydrogen-bond acceptors (Lipinski definition) is 5. The molecule has 0 aromatic heterocycles. The van der Waals surface area contributed by atoms with Crippen molar-refractivity contribution < 1.29 is 19.1 Å². The zero-order valence-corrected chi connectivity index (χ0v) is 23.9. The minimum Gasteiger partial charge on any atom is -0.359 e. The van der Waals surface area contributed by atoms with E-state index in [0.29, 0.717) is 30.0 Å². The van der Waals surface area contributed by atoms with Gasteiger partial charge in [-0.05, 0) is 55.1 Å². The van der Waals surface area contributed by atoms with E-state index in [-0.39, 0.29) is 23.8 Å². The highest BCUT2D eigenvalue weighted by molar-refractivity contribution is 7.98. The lowest BCUT2D eigenvalue weighted by atomic mass is 9.73. The molecule has 5 rings (SSSR count). The van der Waals surface area contributed by atoms with E-state index < -0.39 is 29.6 Å². The van der Waals surface area contributed by atoms with Crippen molar-refractivity contribution in [2.24, 2.45) is 29.6 Å². The van der Waals surface area contributed by atoms with Crippen LogP contribution in [0.3, 0.4) is 0 Å². The molecular weight excluding hydrogens is 498 g/mol. The molecule has 1 aromatic carbocycles. The Morgan fingerprint density at radius 2 is 2.00 bits per heavy atom. The zero-order valence-electron chi connectivity index (χ0n) is 23.1. The van der Waals surface area contributed by atoms with Gasteiger partial charge in [-0.3, -0.25) is 14.4 Å². The van der Waals surface area contributed by atoms with Crippen LogP contribution in [0, 0.1) is 29.6 Å². The standard InChI is InChI=1S/C30H41N3O4S/c1-17(2)13-15-33-26(28(35)32-22-11-6-8-18(3)19(22)4)30-14-12-23(37-30)24(25(30)29(33)36)27(34)31-20-9-7-10-21(16-20)38-5/h7,9-10,12,14,16-19,22-26H,6,8,11,13,15H2,1-5H3,(H,31,34)(H,32,35). The number of nitrogens with zero attached hydrogens (tertiary/aromatic N) is 1. The third-order valence-electron chi connectivity index (χ3n) is 9.24. The second-order valence-electron chi connectivity index (χ2n) is 12.0. The molecule has 3 amide bonds. The number of carbonyl (C=O) groups is 3. The summed E-state index contributed by atoms with van der Waals surface area (Å²) in [6.45, 7) is 9.14. The number of rotatable bonds is 8. The molecule has 0 radical (unpaired) electrons. The highest BCUT2D eigenvalue weighted by atomic mass is 32.2. The minimum absolute atomic E-state index is 0.0779. The van der Waals surface area contributed by atoms with Crippen molar-refractivity contribution in [3.8, 4) is 0 Å². The van der Waals surface area contributed by atoms with Gasteiger partial charge < -0.3 is 20.3 Å². The summed E-state index contributed by atoms with van der Waals surface area (Å²) in [6, 6.07) is 6.98. The molecule has 2 N–H and O–H groups in total. The molecule has 1 saturated carbocycles. The molecule has 8 heteroatoms. The van der Waals surface area contributed by atoms with E-state index in [4.69, 9.17) is 4.74 Å². The predicted octanol–water partition coefficient (Wildman–Crippen LogP) is 4.48. The molecule has 7 nitrogen and oxygen atoms in total. The van der Waals surface area contributed by atoms with Crippen molar-refractivity contribution in [3.63, 3.8) is 0 Å². The Kier molecular flexibility index (Phi) is 7.66. The van der Waals surface area contributed by atoms with E-state index in [1.807, 2.05) is 42.7 Å². The second-order valence-corrected chi connectivity index (χ2v) is 12.9. The monoisotopic (exact) mass is 539 g/mol. The fourth-order valence-corrected chi connectivity index (χ4v) is 7.34. The Bertz CT molecular complexity index is 1120. The van der Waals surface area contributed by atoms with Gasteiger partial charge in [0.15, 0.2) is 0 Å².